The minimum Gasteiger partial charge on any atom is -0.469 e. The van der Waals surface area contributed by atoms with Crippen LogP contribution in [-0.4, -0.2) is 25.8 Å². The van der Waals surface area contributed by atoms with Crippen molar-refractivity contribution < 1.29 is 23.8 Å². The van der Waals surface area contributed by atoms with E-state index in [0.29, 0.717) is 27.6 Å². The molecule has 0 unspecified atom stereocenters. The summed E-state index contributed by atoms with van der Waals surface area (Å²) >= 11 is 6.21. The second-order valence-corrected chi connectivity index (χ2v) is 5.80. The van der Waals surface area contributed by atoms with Gasteiger partial charge in [-0.3, -0.25) is 9.59 Å². The highest BCUT2D eigenvalue weighted by atomic mass is 35.5. The van der Waals surface area contributed by atoms with Gasteiger partial charge in [0.1, 0.15) is 0 Å². The number of carbonyl (C=O) groups excluding carboxylic acids is 2. The van der Waals surface area contributed by atoms with Crippen LogP contribution in [-0.2, 0) is 9.53 Å². The van der Waals surface area contributed by atoms with Crippen LogP contribution < -0.4 is 14.8 Å². The van der Waals surface area contributed by atoms with E-state index in [2.05, 4.69) is 5.32 Å². The summed E-state index contributed by atoms with van der Waals surface area (Å²) in [5, 5.41) is 3.29. The van der Waals surface area contributed by atoms with Gasteiger partial charge in [0.05, 0.1) is 19.6 Å². The number of fused-ring (bicyclic) bond motifs is 1. The van der Waals surface area contributed by atoms with E-state index in [1.807, 2.05) is 0 Å². The van der Waals surface area contributed by atoms with Crippen LogP contribution in [0.4, 0.5) is 0 Å². The first-order valence-electron chi connectivity index (χ1n) is 7.60. The largest absolute Gasteiger partial charge is 0.469 e. The lowest BCUT2D eigenvalue weighted by Crippen LogP contribution is -2.30. The predicted octanol–water partition coefficient (Wildman–Crippen LogP) is 3.10. The highest BCUT2D eigenvalue weighted by molar-refractivity contribution is 6.31. The monoisotopic (exact) mass is 361 g/mol. The van der Waals surface area contributed by atoms with E-state index < -0.39 is 12.0 Å². The molecule has 1 amide bonds. The number of hydrogen-bond donors (Lipinski definition) is 1. The minimum atomic E-state index is -0.612. The molecule has 7 heteroatoms. The maximum Gasteiger partial charge on any atom is 0.307 e. The quantitative estimate of drug-likeness (QED) is 0.828. The maximum absolute atomic E-state index is 12.6. The van der Waals surface area contributed by atoms with Gasteiger partial charge in [0.15, 0.2) is 11.5 Å². The van der Waals surface area contributed by atoms with Crippen LogP contribution >= 0.6 is 11.6 Å². The lowest BCUT2D eigenvalue weighted by atomic mass is 10.0. The summed E-state index contributed by atoms with van der Waals surface area (Å²) in [5.74, 6) is 0.298. The van der Waals surface area contributed by atoms with Crippen molar-refractivity contribution in [2.24, 2.45) is 0 Å². The molecule has 0 saturated carbocycles. The van der Waals surface area contributed by atoms with Gasteiger partial charge in [0.2, 0.25) is 6.79 Å². The van der Waals surface area contributed by atoms with Crippen LogP contribution in [0.3, 0.4) is 0 Å². The third-order valence-electron chi connectivity index (χ3n) is 3.82. The molecule has 1 aliphatic rings. The van der Waals surface area contributed by atoms with E-state index >= 15 is 0 Å². The number of esters is 1. The van der Waals surface area contributed by atoms with Crippen molar-refractivity contribution in [2.45, 2.75) is 12.5 Å². The van der Waals surface area contributed by atoms with Crippen molar-refractivity contribution in [2.75, 3.05) is 13.9 Å². The second kappa shape index (κ2) is 7.44. The molecule has 0 bridgehead atoms. The average molecular weight is 362 g/mol. The van der Waals surface area contributed by atoms with Crippen LogP contribution in [0.2, 0.25) is 5.02 Å². The number of carbonyl (C=O) groups is 2. The summed E-state index contributed by atoms with van der Waals surface area (Å²) in [6.45, 7) is 0.130. The van der Waals surface area contributed by atoms with Crippen molar-refractivity contribution >= 4 is 23.5 Å². The van der Waals surface area contributed by atoms with Crippen molar-refractivity contribution in [3.8, 4) is 11.5 Å². The van der Waals surface area contributed by atoms with Crippen LogP contribution in [0, 0.1) is 0 Å². The number of benzene rings is 2. The van der Waals surface area contributed by atoms with E-state index in [1.54, 1.807) is 42.5 Å². The Kier molecular flexibility index (Phi) is 5.09. The van der Waals surface area contributed by atoms with E-state index in [4.69, 9.17) is 25.8 Å². The van der Waals surface area contributed by atoms with Crippen molar-refractivity contribution in [3.05, 3.63) is 58.6 Å². The molecule has 1 atom stereocenters. The first-order chi connectivity index (χ1) is 12.1. The predicted molar refractivity (Wildman–Crippen MR) is 90.9 cm³/mol. The molecule has 3 rings (SSSR count). The SMILES string of the molecule is COC(=O)C[C@@H](NC(=O)c1ccc2c(c1)OCO2)c1ccccc1Cl. The number of nitrogens with one attached hydrogen (secondary N) is 1. The summed E-state index contributed by atoms with van der Waals surface area (Å²) in [6.07, 6.45) is -0.0312. The second-order valence-electron chi connectivity index (χ2n) is 5.40. The van der Waals surface area contributed by atoms with Crippen molar-refractivity contribution in [1.29, 1.82) is 0 Å². The van der Waals surface area contributed by atoms with Gasteiger partial charge in [-0.1, -0.05) is 29.8 Å². The Hall–Kier alpha value is -2.73. The molecule has 0 spiro atoms. The lowest BCUT2D eigenvalue weighted by molar-refractivity contribution is -0.141. The molecule has 6 nitrogen and oxygen atoms in total. The fourth-order valence-electron chi connectivity index (χ4n) is 2.53. The van der Waals surface area contributed by atoms with Crippen molar-refractivity contribution in [3.63, 3.8) is 0 Å². The normalized spacial score (nSPS) is 13.2. The van der Waals surface area contributed by atoms with Crippen molar-refractivity contribution in [1.82, 2.24) is 5.32 Å². The van der Waals surface area contributed by atoms with Gasteiger partial charge in [0, 0.05) is 10.6 Å². The molecule has 1 aliphatic heterocycles. The summed E-state index contributed by atoms with van der Waals surface area (Å²) < 4.78 is 15.2. The molecular formula is C18H16ClNO5. The molecule has 0 saturated heterocycles. The first-order valence-corrected chi connectivity index (χ1v) is 7.98. The molecule has 2 aromatic rings. The Labute approximate surface area is 149 Å². The van der Waals surface area contributed by atoms with E-state index in [1.165, 1.54) is 7.11 Å². The van der Waals surface area contributed by atoms with Crippen LogP contribution in [0.25, 0.3) is 0 Å². The zero-order valence-corrected chi connectivity index (χ0v) is 14.2. The van der Waals surface area contributed by atoms with Crippen LogP contribution in [0.1, 0.15) is 28.4 Å². The number of halogens is 1. The van der Waals surface area contributed by atoms with Gasteiger partial charge in [-0.05, 0) is 29.8 Å². The summed E-state index contributed by atoms with van der Waals surface area (Å²) in [4.78, 5) is 24.3. The zero-order chi connectivity index (χ0) is 17.8. The average Bonchev–Trinajstić information content (AvgIpc) is 3.09. The zero-order valence-electron chi connectivity index (χ0n) is 13.5. The first kappa shape index (κ1) is 17.1. The lowest BCUT2D eigenvalue weighted by Gasteiger charge is -2.19. The molecule has 1 heterocycles. The number of methoxy groups -OCH3 is 1. The van der Waals surface area contributed by atoms with Gasteiger partial charge in [0.25, 0.3) is 5.91 Å². The number of rotatable bonds is 5. The van der Waals surface area contributed by atoms with E-state index in [-0.39, 0.29) is 19.1 Å². The molecule has 2 aromatic carbocycles. The summed E-state index contributed by atoms with van der Waals surface area (Å²) in [6, 6.07) is 11.3. The third kappa shape index (κ3) is 3.85. The van der Waals surface area contributed by atoms with E-state index in [9.17, 15) is 9.59 Å². The van der Waals surface area contributed by atoms with Crippen LogP contribution in [0.5, 0.6) is 11.5 Å². The van der Waals surface area contributed by atoms with Gasteiger partial charge in [-0.15, -0.1) is 0 Å². The Morgan fingerprint density at radius 2 is 1.96 bits per heavy atom. The summed E-state index contributed by atoms with van der Waals surface area (Å²) in [5.41, 5.74) is 1.04. The molecule has 0 radical (unpaired) electrons. The molecule has 1 N–H and O–H groups in total. The smallest absolute Gasteiger partial charge is 0.307 e. The number of hydrogen-bond acceptors (Lipinski definition) is 5. The van der Waals surface area contributed by atoms with Gasteiger partial charge in [-0.2, -0.15) is 0 Å². The maximum atomic E-state index is 12.6. The molecule has 25 heavy (non-hydrogen) atoms. The Morgan fingerprint density at radius 1 is 1.20 bits per heavy atom. The van der Waals surface area contributed by atoms with Gasteiger partial charge < -0.3 is 19.5 Å². The Morgan fingerprint density at radius 3 is 2.72 bits per heavy atom. The van der Waals surface area contributed by atoms with E-state index in [0.717, 1.165) is 0 Å². The molecular weight excluding hydrogens is 346 g/mol. The topological polar surface area (TPSA) is 73.9 Å². The van der Waals surface area contributed by atoms with Crippen LogP contribution in [0.15, 0.2) is 42.5 Å². The highest BCUT2D eigenvalue weighted by Gasteiger charge is 2.23. The fourth-order valence-corrected chi connectivity index (χ4v) is 2.79. The standard InChI is InChI=1S/C18H16ClNO5/c1-23-17(21)9-14(12-4-2-3-5-13(12)19)20-18(22)11-6-7-15-16(8-11)25-10-24-15/h2-8,14H,9-10H2,1H3,(H,20,22)/t14-/m1/s1. The summed E-state index contributed by atoms with van der Waals surface area (Å²) in [7, 11) is 1.30. The molecule has 130 valence electrons. The number of ether oxygens (including phenoxy) is 3. The minimum absolute atomic E-state index is 0.0312. The molecule has 0 fully saturated rings. The Balaban J connectivity index is 1.83. The molecule has 0 aliphatic carbocycles. The molecule has 0 aromatic heterocycles. The third-order valence-corrected chi connectivity index (χ3v) is 4.16. The number of amides is 1. The highest BCUT2D eigenvalue weighted by Crippen LogP contribution is 2.33. The van der Waals surface area contributed by atoms with Gasteiger partial charge >= 0.3 is 5.97 Å². The fraction of sp³-hybridized carbons (Fsp3) is 0.222. The van der Waals surface area contributed by atoms with Gasteiger partial charge in [-0.25, -0.2) is 0 Å². The Bertz CT molecular complexity index is 808.